The molecule has 0 spiro atoms. The lowest BCUT2D eigenvalue weighted by Crippen LogP contribution is -2.13. The molecule has 3 nitrogen and oxygen atoms in total. The number of likely N-dealkylation sites (N-methyl/N-ethyl adjacent to an activating group) is 1. The summed E-state index contributed by atoms with van der Waals surface area (Å²) < 4.78 is 5.24. The fourth-order valence-corrected chi connectivity index (χ4v) is 1.72. The average molecular weight is 187 g/mol. The molecule has 0 N–H and O–H groups in total. The first kappa shape index (κ1) is 8.08. The van der Waals surface area contributed by atoms with Gasteiger partial charge in [-0.25, -0.2) is 4.98 Å². The van der Waals surface area contributed by atoms with Crippen molar-refractivity contribution >= 4 is 11.6 Å². The van der Waals surface area contributed by atoms with Crippen molar-refractivity contribution in [3.05, 3.63) is 17.3 Å². The maximum Gasteiger partial charge on any atom is 0.213 e. The third-order valence-corrected chi connectivity index (χ3v) is 2.41. The Morgan fingerprint density at radius 2 is 2.58 bits per heavy atom. The molecule has 1 saturated heterocycles. The molecule has 1 fully saturated rings. The number of halogens is 1. The van der Waals surface area contributed by atoms with E-state index in [2.05, 4.69) is 16.9 Å². The van der Waals surface area contributed by atoms with Crippen LogP contribution in [0.25, 0.3) is 0 Å². The lowest BCUT2D eigenvalue weighted by molar-refractivity contribution is 0.392. The van der Waals surface area contributed by atoms with Crippen molar-refractivity contribution in [2.75, 3.05) is 20.1 Å². The molecule has 1 aliphatic rings. The Kier molecular flexibility index (Phi) is 2.07. The molecule has 66 valence electrons. The van der Waals surface area contributed by atoms with Gasteiger partial charge in [0.25, 0.3) is 0 Å². The molecular formula is C8H11ClN2O. The highest BCUT2D eigenvalue weighted by molar-refractivity contribution is 6.28. The van der Waals surface area contributed by atoms with Crippen LogP contribution in [0.3, 0.4) is 0 Å². The minimum absolute atomic E-state index is 0.388. The normalized spacial score (nSPS) is 25.0. The summed E-state index contributed by atoms with van der Waals surface area (Å²) in [7, 11) is 2.10. The maximum atomic E-state index is 5.63. The van der Waals surface area contributed by atoms with E-state index in [1.165, 1.54) is 0 Å². The highest BCUT2D eigenvalue weighted by atomic mass is 35.5. The van der Waals surface area contributed by atoms with Gasteiger partial charge in [-0.3, -0.25) is 0 Å². The number of aromatic nitrogens is 1. The monoisotopic (exact) mass is 186 g/mol. The second-order valence-electron chi connectivity index (χ2n) is 3.25. The lowest BCUT2D eigenvalue weighted by atomic mass is 10.1. The van der Waals surface area contributed by atoms with Gasteiger partial charge in [0.2, 0.25) is 11.1 Å². The van der Waals surface area contributed by atoms with Crippen molar-refractivity contribution in [3.8, 4) is 0 Å². The number of likely N-dealkylation sites (tertiary alicyclic amines) is 1. The van der Waals surface area contributed by atoms with Crippen LogP contribution in [0.2, 0.25) is 5.22 Å². The zero-order valence-corrected chi connectivity index (χ0v) is 7.71. The lowest BCUT2D eigenvalue weighted by Gasteiger charge is -2.05. The molecule has 1 unspecified atom stereocenters. The summed E-state index contributed by atoms with van der Waals surface area (Å²) in [5, 5.41) is 0.388. The Hall–Kier alpha value is -0.540. The van der Waals surface area contributed by atoms with Crippen LogP contribution in [0, 0.1) is 0 Å². The Bertz CT molecular complexity index is 274. The van der Waals surface area contributed by atoms with Crippen LogP contribution in [-0.2, 0) is 0 Å². The quantitative estimate of drug-likeness (QED) is 0.669. The summed E-state index contributed by atoms with van der Waals surface area (Å²) in [6.45, 7) is 2.14. The molecule has 0 radical (unpaired) electrons. The summed E-state index contributed by atoms with van der Waals surface area (Å²) in [6, 6.07) is 0. The minimum atomic E-state index is 0.388. The largest absolute Gasteiger partial charge is 0.429 e. The van der Waals surface area contributed by atoms with E-state index < -0.39 is 0 Å². The number of rotatable bonds is 1. The summed E-state index contributed by atoms with van der Waals surface area (Å²) in [5.41, 5.74) is 0. The molecule has 0 amide bonds. The Morgan fingerprint density at radius 1 is 1.75 bits per heavy atom. The van der Waals surface area contributed by atoms with Crippen molar-refractivity contribution in [1.29, 1.82) is 0 Å². The average Bonchev–Trinajstić information content (AvgIpc) is 2.58. The molecule has 1 aromatic rings. The number of hydrogen-bond acceptors (Lipinski definition) is 3. The van der Waals surface area contributed by atoms with Gasteiger partial charge in [-0.1, -0.05) is 0 Å². The first-order valence-corrected chi connectivity index (χ1v) is 4.43. The van der Waals surface area contributed by atoms with Gasteiger partial charge in [0, 0.05) is 12.5 Å². The minimum Gasteiger partial charge on any atom is -0.429 e. The summed E-state index contributed by atoms with van der Waals surface area (Å²) in [5.74, 6) is 1.21. The predicted octanol–water partition coefficient (Wildman–Crippen LogP) is 1.75. The van der Waals surface area contributed by atoms with Crippen molar-refractivity contribution in [2.45, 2.75) is 12.3 Å². The molecule has 1 aliphatic heterocycles. The fourth-order valence-electron chi connectivity index (χ4n) is 1.59. The second-order valence-corrected chi connectivity index (χ2v) is 3.62. The SMILES string of the molecule is CN1CCC(c2ncc(Cl)o2)C1. The molecule has 0 saturated carbocycles. The van der Waals surface area contributed by atoms with Crippen molar-refractivity contribution in [3.63, 3.8) is 0 Å². The van der Waals surface area contributed by atoms with Gasteiger partial charge >= 0.3 is 0 Å². The van der Waals surface area contributed by atoms with E-state index in [0.717, 1.165) is 25.4 Å². The molecule has 0 bridgehead atoms. The van der Waals surface area contributed by atoms with E-state index in [0.29, 0.717) is 11.1 Å². The third-order valence-electron chi connectivity index (χ3n) is 2.24. The van der Waals surface area contributed by atoms with Crippen LogP contribution in [0.1, 0.15) is 18.2 Å². The summed E-state index contributed by atoms with van der Waals surface area (Å²) >= 11 is 5.63. The van der Waals surface area contributed by atoms with E-state index in [-0.39, 0.29) is 0 Å². The fraction of sp³-hybridized carbons (Fsp3) is 0.625. The zero-order valence-electron chi connectivity index (χ0n) is 6.96. The van der Waals surface area contributed by atoms with Crippen LogP contribution in [0.15, 0.2) is 10.6 Å². The standard InChI is InChI=1S/C8H11ClN2O/c1-11-3-2-6(5-11)8-10-4-7(9)12-8/h4,6H,2-3,5H2,1H3. The van der Waals surface area contributed by atoms with Gasteiger partial charge in [0.15, 0.2) is 0 Å². The van der Waals surface area contributed by atoms with Crippen LogP contribution >= 0.6 is 11.6 Å². The number of hydrogen-bond donors (Lipinski definition) is 0. The van der Waals surface area contributed by atoms with Gasteiger partial charge in [0.05, 0.1) is 6.20 Å². The van der Waals surface area contributed by atoms with Gasteiger partial charge in [-0.15, -0.1) is 0 Å². The Labute approximate surface area is 76.3 Å². The molecule has 2 rings (SSSR count). The van der Waals surface area contributed by atoms with Gasteiger partial charge in [-0.2, -0.15) is 0 Å². The van der Waals surface area contributed by atoms with Gasteiger partial charge < -0.3 is 9.32 Å². The highest BCUT2D eigenvalue weighted by Gasteiger charge is 2.24. The topological polar surface area (TPSA) is 29.3 Å². The van der Waals surface area contributed by atoms with E-state index in [1.54, 1.807) is 6.20 Å². The second kappa shape index (κ2) is 3.07. The maximum absolute atomic E-state index is 5.63. The summed E-state index contributed by atoms with van der Waals surface area (Å²) in [4.78, 5) is 6.37. The van der Waals surface area contributed by atoms with Crippen molar-refractivity contribution < 1.29 is 4.42 Å². The predicted molar refractivity (Wildman–Crippen MR) is 46.4 cm³/mol. The molecule has 12 heavy (non-hydrogen) atoms. The first-order chi connectivity index (χ1) is 5.75. The van der Waals surface area contributed by atoms with Gasteiger partial charge in [0.1, 0.15) is 0 Å². The molecule has 2 heterocycles. The van der Waals surface area contributed by atoms with Crippen molar-refractivity contribution in [2.24, 2.45) is 0 Å². The number of oxazole rings is 1. The third kappa shape index (κ3) is 1.47. The van der Waals surface area contributed by atoms with E-state index in [9.17, 15) is 0 Å². The first-order valence-electron chi connectivity index (χ1n) is 4.05. The van der Waals surface area contributed by atoms with E-state index in [1.807, 2.05) is 0 Å². The Morgan fingerprint density at radius 3 is 3.08 bits per heavy atom. The van der Waals surface area contributed by atoms with E-state index in [4.69, 9.17) is 16.0 Å². The molecule has 0 aliphatic carbocycles. The van der Waals surface area contributed by atoms with Gasteiger partial charge in [-0.05, 0) is 31.6 Å². The number of nitrogens with zero attached hydrogens (tertiary/aromatic N) is 2. The van der Waals surface area contributed by atoms with E-state index >= 15 is 0 Å². The van der Waals surface area contributed by atoms with Crippen LogP contribution in [0.5, 0.6) is 0 Å². The zero-order chi connectivity index (χ0) is 8.55. The van der Waals surface area contributed by atoms with Crippen LogP contribution in [-0.4, -0.2) is 30.0 Å². The molecule has 1 aromatic heterocycles. The van der Waals surface area contributed by atoms with Crippen LogP contribution < -0.4 is 0 Å². The summed E-state index contributed by atoms with van der Waals surface area (Å²) in [6.07, 6.45) is 2.68. The van der Waals surface area contributed by atoms with Crippen LogP contribution in [0.4, 0.5) is 0 Å². The highest BCUT2D eigenvalue weighted by Crippen LogP contribution is 2.26. The molecule has 1 atom stereocenters. The smallest absolute Gasteiger partial charge is 0.213 e. The Balaban J connectivity index is 2.11. The van der Waals surface area contributed by atoms with Crippen molar-refractivity contribution in [1.82, 2.24) is 9.88 Å². The molecular weight excluding hydrogens is 176 g/mol. The molecule has 4 heteroatoms. The molecule has 0 aromatic carbocycles.